The average molecular weight is 415 g/mol. The van der Waals surface area contributed by atoms with Crippen molar-refractivity contribution < 1.29 is 19.4 Å². The lowest BCUT2D eigenvalue weighted by molar-refractivity contribution is 0.0526. The molecule has 3 heterocycles. The number of nitrogens with zero attached hydrogens (tertiary/aromatic N) is 3. The number of esters is 1. The van der Waals surface area contributed by atoms with E-state index in [9.17, 15) is 9.90 Å². The molecule has 0 bridgehead atoms. The number of nitrogens with two attached hydrogens (primary N) is 1. The molecular formula is C21H29N5O4. The summed E-state index contributed by atoms with van der Waals surface area (Å²) in [5, 5.41) is 14.0. The van der Waals surface area contributed by atoms with Crippen LogP contribution in [0.3, 0.4) is 0 Å². The molecule has 9 nitrogen and oxygen atoms in total. The molecule has 1 fully saturated rings. The number of aromatic nitrogens is 2. The van der Waals surface area contributed by atoms with Crippen LogP contribution in [0.15, 0.2) is 36.7 Å². The summed E-state index contributed by atoms with van der Waals surface area (Å²) in [6, 6.07) is 7.11. The lowest BCUT2D eigenvalue weighted by atomic mass is 10.0. The van der Waals surface area contributed by atoms with Crippen molar-refractivity contribution in [1.29, 1.82) is 0 Å². The molecule has 0 radical (unpaired) electrons. The van der Waals surface area contributed by atoms with E-state index in [1.807, 2.05) is 0 Å². The van der Waals surface area contributed by atoms with E-state index in [1.165, 1.54) is 12.4 Å². The third-order valence-electron chi connectivity index (χ3n) is 4.91. The van der Waals surface area contributed by atoms with Crippen LogP contribution in [0.5, 0.6) is 5.75 Å². The van der Waals surface area contributed by atoms with Gasteiger partial charge in [0.25, 0.3) is 0 Å². The van der Waals surface area contributed by atoms with E-state index in [4.69, 9.17) is 15.2 Å². The zero-order valence-electron chi connectivity index (χ0n) is 17.2. The standard InChI is InChI=1S/C21H29N5O4/c1-2-29-21(28)15-3-6-20(25-11-15)26(16-7-9-23-10-8-16)13-17(27)14-30-18-4-5-19(22)24-12-18/h3-6,11-12,16-17,23,27H,2,7-10,13-14H2,1H3,(H2,22,24). The van der Waals surface area contributed by atoms with Crippen molar-refractivity contribution in [3.05, 3.63) is 42.2 Å². The SMILES string of the molecule is CCOC(=O)c1ccc(N(CC(O)COc2ccc(N)nc2)C2CCNCC2)nc1. The number of anilines is 2. The Morgan fingerprint density at radius 3 is 2.70 bits per heavy atom. The minimum atomic E-state index is -0.732. The third-order valence-corrected chi connectivity index (χ3v) is 4.91. The fraction of sp³-hybridized carbons (Fsp3) is 0.476. The van der Waals surface area contributed by atoms with Gasteiger partial charge in [-0.3, -0.25) is 0 Å². The molecule has 0 aliphatic carbocycles. The van der Waals surface area contributed by atoms with Gasteiger partial charge in [0.1, 0.15) is 30.1 Å². The van der Waals surface area contributed by atoms with Crippen molar-refractivity contribution >= 4 is 17.6 Å². The predicted octanol–water partition coefficient (Wildman–Crippen LogP) is 1.23. The van der Waals surface area contributed by atoms with Gasteiger partial charge in [0.05, 0.1) is 18.4 Å². The zero-order valence-corrected chi connectivity index (χ0v) is 17.2. The first-order valence-corrected chi connectivity index (χ1v) is 10.2. The van der Waals surface area contributed by atoms with Crippen molar-refractivity contribution in [3.63, 3.8) is 0 Å². The van der Waals surface area contributed by atoms with Crippen molar-refractivity contribution in [3.8, 4) is 5.75 Å². The lowest BCUT2D eigenvalue weighted by Crippen LogP contribution is -2.47. The van der Waals surface area contributed by atoms with E-state index in [1.54, 1.807) is 31.2 Å². The normalized spacial score (nSPS) is 15.4. The number of aliphatic hydroxyl groups excluding tert-OH is 1. The number of nitrogen functional groups attached to an aromatic ring is 1. The number of nitrogens with one attached hydrogen (secondary N) is 1. The first-order chi connectivity index (χ1) is 14.6. The van der Waals surface area contributed by atoms with Crippen LogP contribution in [0.2, 0.25) is 0 Å². The van der Waals surface area contributed by atoms with E-state index < -0.39 is 12.1 Å². The Bertz CT molecular complexity index is 794. The number of rotatable bonds is 9. The highest BCUT2D eigenvalue weighted by atomic mass is 16.5. The molecule has 1 atom stereocenters. The second-order valence-corrected chi connectivity index (χ2v) is 7.14. The number of hydrogen-bond donors (Lipinski definition) is 3. The van der Waals surface area contributed by atoms with E-state index in [2.05, 4.69) is 20.2 Å². The van der Waals surface area contributed by atoms with Crippen LogP contribution < -0.4 is 20.7 Å². The molecule has 2 aromatic rings. The molecule has 0 spiro atoms. The number of ether oxygens (including phenoxy) is 2. The maximum absolute atomic E-state index is 11.9. The predicted molar refractivity (Wildman–Crippen MR) is 114 cm³/mol. The van der Waals surface area contributed by atoms with Crippen LogP contribution in [-0.4, -0.2) is 66.0 Å². The molecule has 1 unspecified atom stereocenters. The highest BCUT2D eigenvalue weighted by molar-refractivity contribution is 5.89. The quantitative estimate of drug-likeness (QED) is 0.519. The number of pyridine rings is 2. The second kappa shape index (κ2) is 10.7. The summed E-state index contributed by atoms with van der Waals surface area (Å²) in [6.45, 7) is 4.38. The Morgan fingerprint density at radius 2 is 2.07 bits per heavy atom. The molecule has 0 aromatic carbocycles. The lowest BCUT2D eigenvalue weighted by Gasteiger charge is -2.36. The van der Waals surface area contributed by atoms with Crippen LogP contribution >= 0.6 is 0 Å². The van der Waals surface area contributed by atoms with Crippen LogP contribution in [0.25, 0.3) is 0 Å². The topological polar surface area (TPSA) is 123 Å². The van der Waals surface area contributed by atoms with E-state index in [0.717, 1.165) is 25.9 Å². The Labute approximate surface area is 176 Å². The Morgan fingerprint density at radius 1 is 1.27 bits per heavy atom. The Hall–Kier alpha value is -2.91. The molecule has 0 amide bonds. The van der Waals surface area contributed by atoms with Crippen LogP contribution in [0, 0.1) is 0 Å². The second-order valence-electron chi connectivity index (χ2n) is 7.14. The third kappa shape index (κ3) is 6.04. The van der Waals surface area contributed by atoms with E-state index in [0.29, 0.717) is 36.1 Å². The maximum Gasteiger partial charge on any atom is 0.339 e. The van der Waals surface area contributed by atoms with Crippen molar-refractivity contribution in [2.24, 2.45) is 0 Å². The number of hydrogen-bond acceptors (Lipinski definition) is 9. The summed E-state index contributed by atoms with van der Waals surface area (Å²) in [4.78, 5) is 22.4. The van der Waals surface area contributed by atoms with Crippen LogP contribution in [-0.2, 0) is 4.74 Å². The van der Waals surface area contributed by atoms with Gasteiger partial charge in [-0.05, 0) is 57.1 Å². The summed E-state index contributed by atoms with van der Waals surface area (Å²) < 4.78 is 10.7. The van der Waals surface area contributed by atoms with Gasteiger partial charge in [-0.1, -0.05) is 0 Å². The van der Waals surface area contributed by atoms with Crippen molar-refractivity contribution in [2.75, 3.05) is 43.5 Å². The molecule has 162 valence electrons. The van der Waals surface area contributed by atoms with Gasteiger partial charge in [-0.15, -0.1) is 0 Å². The van der Waals surface area contributed by atoms with Gasteiger partial charge in [0, 0.05) is 18.8 Å². The monoisotopic (exact) mass is 415 g/mol. The molecule has 1 aliphatic heterocycles. The molecule has 0 saturated carbocycles. The number of carbonyl (C=O) groups excluding carboxylic acids is 1. The summed E-state index contributed by atoms with van der Waals surface area (Å²) in [6.07, 6.45) is 4.20. The molecule has 9 heteroatoms. The highest BCUT2D eigenvalue weighted by Gasteiger charge is 2.25. The molecule has 1 aliphatic rings. The summed E-state index contributed by atoms with van der Waals surface area (Å²) in [7, 11) is 0. The van der Waals surface area contributed by atoms with Gasteiger partial charge in [0.15, 0.2) is 0 Å². The molecular weight excluding hydrogens is 386 g/mol. The summed E-state index contributed by atoms with van der Waals surface area (Å²) in [5.74, 6) is 1.28. The Balaban J connectivity index is 1.67. The summed E-state index contributed by atoms with van der Waals surface area (Å²) in [5.41, 5.74) is 5.99. The fourth-order valence-corrected chi connectivity index (χ4v) is 3.39. The molecule has 4 N–H and O–H groups in total. The van der Waals surface area contributed by atoms with Gasteiger partial charge in [-0.2, -0.15) is 0 Å². The van der Waals surface area contributed by atoms with Gasteiger partial charge < -0.3 is 30.5 Å². The molecule has 30 heavy (non-hydrogen) atoms. The Kier molecular flexibility index (Phi) is 7.81. The number of aliphatic hydroxyl groups is 1. The minimum absolute atomic E-state index is 0.119. The van der Waals surface area contributed by atoms with E-state index >= 15 is 0 Å². The maximum atomic E-state index is 11.9. The first-order valence-electron chi connectivity index (χ1n) is 10.2. The largest absolute Gasteiger partial charge is 0.489 e. The number of carbonyl (C=O) groups is 1. The average Bonchev–Trinajstić information content (AvgIpc) is 2.78. The summed E-state index contributed by atoms with van der Waals surface area (Å²) >= 11 is 0. The zero-order chi connectivity index (χ0) is 21.3. The minimum Gasteiger partial charge on any atom is -0.489 e. The van der Waals surface area contributed by atoms with Crippen molar-refractivity contribution in [1.82, 2.24) is 15.3 Å². The van der Waals surface area contributed by atoms with Gasteiger partial charge >= 0.3 is 5.97 Å². The van der Waals surface area contributed by atoms with Crippen LogP contribution in [0.1, 0.15) is 30.1 Å². The first kappa shape index (κ1) is 21.8. The number of piperidine rings is 1. The van der Waals surface area contributed by atoms with E-state index in [-0.39, 0.29) is 12.6 Å². The fourth-order valence-electron chi connectivity index (χ4n) is 3.39. The molecule has 3 rings (SSSR count). The smallest absolute Gasteiger partial charge is 0.339 e. The van der Waals surface area contributed by atoms with Crippen LogP contribution in [0.4, 0.5) is 11.6 Å². The highest BCUT2D eigenvalue weighted by Crippen LogP contribution is 2.21. The van der Waals surface area contributed by atoms with Gasteiger partial charge in [0.2, 0.25) is 0 Å². The molecule has 1 saturated heterocycles. The van der Waals surface area contributed by atoms with Crippen molar-refractivity contribution in [2.45, 2.75) is 31.9 Å². The molecule has 2 aromatic heterocycles. The van der Waals surface area contributed by atoms with Gasteiger partial charge in [-0.25, -0.2) is 14.8 Å².